The maximum atomic E-state index is 12.4. The standard InChI is InChI=1S/C22H17ClN4O2S/c1-2-20(28)25-15-6-7-16(23)18(12-15)26-22-27-21(29)19(30-22)11-13-5-8-17-14(10-13)4-3-9-24-17/h3-12H,2H2,1H3,(H,25,28)(H,26,27,29)/b19-11+. The number of anilines is 1. The molecule has 0 unspecified atom stereocenters. The maximum Gasteiger partial charge on any atom is 0.264 e. The number of carbonyl (C=O) groups excluding carboxylic acids is 2. The van der Waals surface area contributed by atoms with E-state index in [-0.39, 0.29) is 11.8 Å². The van der Waals surface area contributed by atoms with Gasteiger partial charge >= 0.3 is 0 Å². The molecule has 0 aliphatic carbocycles. The molecule has 2 amide bonds. The van der Waals surface area contributed by atoms with Crippen LogP contribution < -0.4 is 10.6 Å². The van der Waals surface area contributed by atoms with Crippen molar-refractivity contribution < 1.29 is 9.59 Å². The van der Waals surface area contributed by atoms with Gasteiger partial charge in [-0.2, -0.15) is 0 Å². The molecule has 8 heteroatoms. The Bertz CT molecular complexity index is 1220. The number of hydrogen-bond donors (Lipinski definition) is 2. The molecule has 2 heterocycles. The minimum atomic E-state index is -0.225. The number of aliphatic imine (C=N–C) groups is 1. The van der Waals surface area contributed by atoms with Gasteiger partial charge in [0.25, 0.3) is 5.91 Å². The van der Waals surface area contributed by atoms with Crippen molar-refractivity contribution in [3.8, 4) is 0 Å². The molecule has 1 fully saturated rings. The predicted molar refractivity (Wildman–Crippen MR) is 123 cm³/mol. The van der Waals surface area contributed by atoms with E-state index in [1.54, 1.807) is 31.3 Å². The fourth-order valence-electron chi connectivity index (χ4n) is 2.85. The van der Waals surface area contributed by atoms with Gasteiger partial charge in [0.1, 0.15) is 0 Å². The van der Waals surface area contributed by atoms with Crippen LogP contribution in [0, 0.1) is 0 Å². The Kier molecular flexibility index (Phi) is 5.83. The Morgan fingerprint density at radius 3 is 2.97 bits per heavy atom. The van der Waals surface area contributed by atoms with Crippen LogP contribution in [-0.4, -0.2) is 22.0 Å². The number of hydrogen-bond acceptors (Lipinski definition) is 5. The molecule has 0 bridgehead atoms. The monoisotopic (exact) mass is 436 g/mol. The number of pyridine rings is 1. The van der Waals surface area contributed by atoms with Crippen molar-refractivity contribution in [3.05, 3.63) is 70.2 Å². The molecule has 4 rings (SSSR count). The summed E-state index contributed by atoms with van der Waals surface area (Å²) in [5.41, 5.74) is 2.86. The number of amides is 2. The number of nitrogens with zero attached hydrogens (tertiary/aromatic N) is 2. The molecule has 6 nitrogen and oxygen atoms in total. The number of halogens is 1. The summed E-state index contributed by atoms with van der Waals surface area (Å²) >= 11 is 7.48. The molecule has 150 valence electrons. The largest absolute Gasteiger partial charge is 0.326 e. The van der Waals surface area contributed by atoms with Gasteiger partial charge in [0.05, 0.1) is 21.1 Å². The van der Waals surface area contributed by atoms with Gasteiger partial charge in [-0.25, -0.2) is 4.99 Å². The fraction of sp³-hybridized carbons (Fsp3) is 0.0909. The van der Waals surface area contributed by atoms with Gasteiger partial charge in [0.15, 0.2) is 5.17 Å². The molecule has 1 aliphatic heterocycles. The van der Waals surface area contributed by atoms with E-state index >= 15 is 0 Å². The van der Waals surface area contributed by atoms with E-state index in [1.807, 2.05) is 36.4 Å². The Morgan fingerprint density at radius 1 is 1.27 bits per heavy atom. The van der Waals surface area contributed by atoms with Crippen LogP contribution in [-0.2, 0) is 9.59 Å². The molecule has 0 saturated carbocycles. The molecule has 2 aromatic carbocycles. The van der Waals surface area contributed by atoms with E-state index in [9.17, 15) is 9.59 Å². The summed E-state index contributed by atoms with van der Waals surface area (Å²) in [6.07, 6.45) is 3.93. The van der Waals surface area contributed by atoms with Crippen molar-refractivity contribution in [1.29, 1.82) is 0 Å². The van der Waals surface area contributed by atoms with Crippen LogP contribution in [0.1, 0.15) is 18.9 Å². The number of amidine groups is 1. The van der Waals surface area contributed by atoms with Crippen molar-refractivity contribution in [2.75, 3.05) is 5.32 Å². The Hall–Kier alpha value is -3.16. The average molecular weight is 437 g/mol. The van der Waals surface area contributed by atoms with Crippen LogP contribution in [0.5, 0.6) is 0 Å². The number of thioether (sulfide) groups is 1. The highest BCUT2D eigenvalue weighted by Crippen LogP contribution is 2.33. The van der Waals surface area contributed by atoms with Crippen LogP contribution in [0.15, 0.2) is 64.6 Å². The van der Waals surface area contributed by atoms with Crippen LogP contribution in [0.25, 0.3) is 17.0 Å². The van der Waals surface area contributed by atoms with Crippen molar-refractivity contribution in [2.24, 2.45) is 4.99 Å². The summed E-state index contributed by atoms with van der Waals surface area (Å²) in [5, 5.41) is 7.38. The van der Waals surface area contributed by atoms with E-state index in [1.165, 1.54) is 11.8 Å². The van der Waals surface area contributed by atoms with Gasteiger partial charge in [-0.15, -0.1) is 0 Å². The van der Waals surface area contributed by atoms with Crippen LogP contribution in [0.4, 0.5) is 11.4 Å². The summed E-state index contributed by atoms with van der Waals surface area (Å²) in [4.78, 5) is 33.3. The van der Waals surface area contributed by atoms with Crippen molar-refractivity contribution in [1.82, 2.24) is 10.3 Å². The predicted octanol–water partition coefficient (Wildman–Crippen LogP) is 5.13. The zero-order valence-corrected chi connectivity index (χ0v) is 17.6. The first-order chi connectivity index (χ1) is 14.5. The zero-order valence-electron chi connectivity index (χ0n) is 16.0. The lowest BCUT2D eigenvalue weighted by Crippen LogP contribution is -2.19. The smallest absolute Gasteiger partial charge is 0.264 e. The topological polar surface area (TPSA) is 83.5 Å². The van der Waals surface area contributed by atoms with Gasteiger partial charge in [-0.3, -0.25) is 14.6 Å². The second-order valence-electron chi connectivity index (χ2n) is 6.51. The van der Waals surface area contributed by atoms with E-state index < -0.39 is 0 Å². The number of aromatic nitrogens is 1. The van der Waals surface area contributed by atoms with Gasteiger partial charge < -0.3 is 10.6 Å². The SMILES string of the molecule is CCC(=O)Nc1ccc(Cl)c(N=C2NC(=O)/C(=C\c3ccc4ncccc4c3)S2)c1. The lowest BCUT2D eigenvalue weighted by Gasteiger charge is -2.06. The number of carbonyl (C=O) groups is 2. The molecule has 30 heavy (non-hydrogen) atoms. The van der Waals surface area contributed by atoms with Crippen LogP contribution in [0.2, 0.25) is 5.02 Å². The second-order valence-corrected chi connectivity index (χ2v) is 7.94. The third-order valence-corrected chi connectivity index (χ3v) is 5.58. The van der Waals surface area contributed by atoms with Crippen molar-refractivity contribution in [3.63, 3.8) is 0 Å². The summed E-state index contributed by atoms with van der Waals surface area (Å²) in [6, 6.07) is 14.7. The molecule has 2 N–H and O–H groups in total. The summed E-state index contributed by atoms with van der Waals surface area (Å²) < 4.78 is 0. The third-order valence-electron chi connectivity index (χ3n) is 4.35. The molecule has 1 aromatic heterocycles. The summed E-state index contributed by atoms with van der Waals surface area (Å²) in [6.45, 7) is 1.77. The van der Waals surface area contributed by atoms with Crippen LogP contribution in [0.3, 0.4) is 0 Å². The molecular formula is C22H17ClN4O2S. The summed E-state index contributed by atoms with van der Waals surface area (Å²) in [5.74, 6) is -0.327. The molecule has 1 saturated heterocycles. The highest BCUT2D eigenvalue weighted by molar-refractivity contribution is 8.18. The lowest BCUT2D eigenvalue weighted by molar-refractivity contribution is -0.116. The zero-order chi connectivity index (χ0) is 21.1. The Balaban J connectivity index is 1.58. The highest BCUT2D eigenvalue weighted by atomic mass is 35.5. The first-order valence-electron chi connectivity index (χ1n) is 9.25. The molecule has 0 spiro atoms. The fourth-order valence-corrected chi connectivity index (χ4v) is 3.85. The van der Waals surface area contributed by atoms with Crippen molar-refractivity contribution in [2.45, 2.75) is 13.3 Å². The van der Waals surface area contributed by atoms with Gasteiger partial charge in [-0.05, 0) is 59.8 Å². The molecule has 0 radical (unpaired) electrons. The lowest BCUT2D eigenvalue weighted by atomic mass is 10.1. The number of nitrogens with one attached hydrogen (secondary N) is 2. The minimum Gasteiger partial charge on any atom is -0.326 e. The van der Waals surface area contributed by atoms with E-state index in [0.717, 1.165) is 16.5 Å². The van der Waals surface area contributed by atoms with E-state index in [0.29, 0.717) is 32.9 Å². The van der Waals surface area contributed by atoms with Gasteiger partial charge in [-0.1, -0.05) is 30.7 Å². The summed E-state index contributed by atoms with van der Waals surface area (Å²) in [7, 11) is 0. The number of rotatable bonds is 4. The van der Waals surface area contributed by atoms with E-state index in [2.05, 4.69) is 20.6 Å². The quantitative estimate of drug-likeness (QED) is 0.555. The molecule has 0 atom stereocenters. The number of benzene rings is 2. The Morgan fingerprint density at radius 2 is 2.13 bits per heavy atom. The van der Waals surface area contributed by atoms with E-state index in [4.69, 9.17) is 11.6 Å². The normalized spacial score (nSPS) is 16.3. The second kappa shape index (κ2) is 8.69. The molecule has 1 aliphatic rings. The third kappa shape index (κ3) is 4.53. The molecule has 3 aromatic rings. The Labute approximate surface area is 182 Å². The first kappa shape index (κ1) is 20.1. The molecular weight excluding hydrogens is 420 g/mol. The number of fused-ring (bicyclic) bond motifs is 1. The van der Waals surface area contributed by atoms with Crippen molar-refractivity contribution >= 4 is 68.7 Å². The van der Waals surface area contributed by atoms with Gasteiger partial charge in [0, 0.05) is 23.7 Å². The van der Waals surface area contributed by atoms with Crippen LogP contribution >= 0.6 is 23.4 Å². The average Bonchev–Trinajstić information content (AvgIpc) is 3.09. The minimum absolute atomic E-state index is 0.102. The first-order valence-corrected chi connectivity index (χ1v) is 10.4. The highest BCUT2D eigenvalue weighted by Gasteiger charge is 2.24. The van der Waals surface area contributed by atoms with Gasteiger partial charge in [0.2, 0.25) is 5.91 Å². The maximum absolute atomic E-state index is 12.4.